The topological polar surface area (TPSA) is 24.9 Å². The van der Waals surface area contributed by atoms with Gasteiger partial charge >= 0.3 is 0 Å². The first kappa shape index (κ1) is 15.3. The van der Waals surface area contributed by atoms with Crippen molar-refractivity contribution in [2.24, 2.45) is 0 Å². The lowest BCUT2D eigenvalue weighted by Gasteiger charge is -2.21. The van der Waals surface area contributed by atoms with E-state index in [0.717, 1.165) is 28.6 Å². The molecule has 0 unspecified atom stereocenters. The van der Waals surface area contributed by atoms with Gasteiger partial charge in [-0.2, -0.15) is 0 Å². The maximum Gasteiger partial charge on any atom is 0.0868 e. The maximum atomic E-state index is 4.87. The molecule has 0 aliphatic heterocycles. The number of nitrogens with zero attached hydrogens (tertiary/aromatic N) is 1. The predicted molar refractivity (Wildman–Crippen MR) is 91.7 cm³/mol. The monoisotopic (exact) mass is 334 g/mol. The van der Waals surface area contributed by atoms with Gasteiger partial charge in [-0.1, -0.05) is 27.7 Å². The van der Waals surface area contributed by atoms with Gasteiger partial charge in [-0.05, 0) is 53.0 Å². The lowest BCUT2D eigenvalue weighted by molar-refractivity contribution is 0.571. The number of fused-ring (bicyclic) bond motifs is 1. The smallest absolute Gasteiger partial charge is 0.0868 e. The van der Waals surface area contributed by atoms with Crippen LogP contribution in [0.4, 0.5) is 5.69 Å². The van der Waals surface area contributed by atoms with E-state index in [4.69, 9.17) is 4.98 Å². The van der Waals surface area contributed by atoms with Crippen molar-refractivity contribution in [3.8, 4) is 0 Å². The third kappa shape index (κ3) is 3.14. The standard InChI is InChI=1S/C17H23BrN2/c1-6-7-19-14-10-15(17(3,4)5)20-16-12(14)8-11(2)9-13(16)18/h8-10H,6-7H2,1-5H3,(H,19,20). The summed E-state index contributed by atoms with van der Waals surface area (Å²) in [4.78, 5) is 4.87. The van der Waals surface area contributed by atoms with E-state index in [9.17, 15) is 0 Å². The zero-order chi connectivity index (χ0) is 14.9. The summed E-state index contributed by atoms with van der Waals surface area (Å²) in [5.74, 6) is 0. The first-order valence-electron chi connectivity index (χ1n) is 7.18. The fourth-order valence-electron chi connectivity index (χ4n) is 2.21. The van der Waals surface area contributed by atoms with Crippen LogP contribution in [0.25, 0.3) is 10.9 Å². The summed E-state index contributed by atoms with van der Waals surface area (Å²) in [6.07, 6.45) is 1.11. The molecule has 1 aromatic carbocycles. The van der Waals surface area contributed by atoms with Crippen molar-refractivity contribution in [1.82, 2.24) is 4.98 Å². The van der Waals surface area contributed by atoms with E-state index in [1.807, 2.05) is 0 Å². The van der Waals surface area contributed by atoms with Crippen LogP contribution >= 0.6 is 15.9 Å². The highest BCUT2D eigenvalue weighted by Gasteiger charge is 2.18. The third-order valence-electron chi connectivity index (χ3n) is 3.35. The molecular weight excluding hydrogens is 312 g/mol. The zero-order valence-corrected chi connectivity index (χ0v) is 14.6. The van der Waals surface area contributed by atoms with Gasteiger partial charge < -0.3 is 5.32 Å². The van der Waals surface area contributed by atoms with Crippen LogP contribution < -0.4 is 5.32 Å². The molecule has 2 aromatic rings. The molecule has 0 aliphatic rings. The van der Waals surface area contributed by atoms with Gasteiger partial charge in [-0.3, -0.25) is 4.98 Å². The first-order chi connectivity index (χ1) is 9.32. The predicted octanol–water partition coefficient (Wildman–Crippen LogP) is 5.43. The summed E-state index contributed by atoms with van der Waals surface area (Å²) in [7, 11) is 0. The molecule has 0 saturated carbocycles. The van der Waals surface area contributed by atoms with Crippen molar-refractivity contribution in [3.05, 3.63) is 33.9 Å². The molecule has 0 spiro atoms. The Morgan fingerprint density at radius 1 is 1.20 bits per heavy atom. The zero-order valence-electron chi connectivity index (χ0n) is 13.0. The fraction of sp³-hybridized carbons (Fsp3) is 0.471. The molecule has 1 heterocycles. The minimum Gasteiger partial charge on any atom is -0.384 e. The largest absolute Gasteiger partial charge is 0.384 e. The van der Waals surface area contributed by atoms with Gasteiger partial charge in [0.1, 0.15) is 0 Å². The molecule has 0 saturated heterocycles. The van der Waals surface area contributed by atoms with E-state index >= 15 is 0 Å². The molecule has 1 aromatic heterocycles. The number of hydrogen-bond donors (Lipinski definition) is 1. The van der Waals surface area contributed by atoms with Gasteiger partial charge in [-0.25, -0.2) is 0 Å². The van der Waals surface area contributed by atoms with E-state index in [1.165, 1.54) is 16.6 Å². The molecule has 2 rings (SSSR count). The van der Waals surface area contributed by atoms with Gasteiger partial charge in [0.25, 0.3) is 0 Å². The van der Waals surface area contributed by atoms with Crippen LogP contribution in [-0.2, 0) is 5.41 Å². The molecule has 108 valence electrons. The third-order valence-corrected chi connectivity index (χ3v) is 3.95. The summed E-state index contributed by atoms with van der Waals surface area (Å²) in [5, 5.41) is 4.74. The first-order valence-corrected chi connectivity index (χ1v) is 7.97. The molecule has 0 bridgehead atoms. The van der Waals surface area contributed by atoms with E-state index in [-0.39, 0.29) is 5.41 Å². The lowest BCUT2D eigenvalue weighted by atomic mass is 9.90. The number of anilines is 1. The van der Waals surface area contributed by atoms with Crippen molar-refractivity contribution in [3.63, 3.8) is 0 Å². The van der Waals surface area contributed by atoms with Gasteiger partial charge in [0.15, 0.2) is 0 Å². The number of aromatic nitrogens is 1. The Balaban J connectivity index is 2.71. The minimum absolute atomic E-state index is 0.0428. The highest BCUT2D eigenvalue weighted by atomic mass is 79.9. The minimum atomic E-state index is 0.0428. The summed E-state index contributed by atoms with van der Waals surface area (Å²) < 4.78 is 1.07. The number of aryl methyl sites for hydroxylation is 1. The molecular formula is C17H23BrN2. The van der Waals surface area contributed by atoms with Crippen LogP contribution in [-0.4, -0.2) is 11.5 Å². The average Bonchev–Trinajstić information content (AvgIpc) is 2.34. The Hall–Kier alpha value is -1.09. The molecule has 0 amide bonds. The quantitative estimate of drug-likeness (QED) is 0.809. The molecule has 3 heteroatoms. The Bertz CT molecular complexity index is 627. The van der Waals surface area contributed by atoms with Crippen molar-refractivity contribution in [2.45, 2.75) is 46.5 Å². The number of benzene rings is 1. The van der Waals surface area contributed by atoms with Gasteiger partial charge in [0.2, 0.25) is 0 Å². The van der Waals surface area contributed by atoms with Crippen LogP contribution in [0.2, 0.25) is 0 Å². The van der Waals surface area contributed by atoms with Gasteiger partial charge in [0, 0.05) is 33.2 Å². The highest BCUT2D eigenvalue weighted by Crippen LogP contribution is 2.33. The Labute approximate surface area is 130 Å². The van der Waals surface area contributed by atoms with Crippen LogP contribution in [0.15, 0.2) is 22.7 Å². The van der Waals surface area contributed by atoms with Gasteiger partial charge in [0.05, 0.1) is 5.52 Å². The second-order valence-corrected chi connectivity index (χ2v) is 7.23. The molecule has 0 radical (unpaired) electrons. The summed E-state index contributed by atoms with van der Waals surface area (Å²) in [5.41, 5.74) is 4.64. The summed E-state index contributed by atoms with van der Waals surface area (Å²) in [6.45, 7) is 11.9. The second-order valence-electron chi connectivity index (χ2n) is 6.37. The normalized spacial score (nSPS) is 11.9. The van der Waals surface area contributed by atoms with E-state index < -0.39 is 0 Å². The van der Waals surface area contributed by atoms with Gasteiger partial charge in [-0.15, -0.1) is 0 Å². The van der Waals surface area contributed by atoms with Crippen molar-refractivity contribution in [2.75, 3.05) is 11.9 Å². The number of pyridine rings is 1. The Morgan fingerprint density at radius 2 is 1.90 bits per heavy atom. The highest BCUT2D eigenvalue weighted by molar-refractivity contribution is 9.10. The maximum absolute atomic E-state index is 4.87. The van der Waals surface area contributed by atoms with E-state index in [1.54, 1.807) is 0 Å². The Kier molecular flexibility index (Phi) is 4.38. The number of nitrogens with one attached hydrogen (secondary N) is 1. The Morgan fingerprint density at radius 3 is 2.50 bits per heavy atom. The summed E-state index contributed by atoms with van der Waals surface area (Å²) in [6, 6.07) is 6.53. The second kappa shape index (κ2) is 5.72. The van der Waals surface area contributed by atoms with E-state index in [2.05, 4.69) is 74.1 Å². The molecule has 0 atom stereocenters. The van der Waals surface area contributed by atoms with E-state index in [0.29, 0.717) is 0 Å². The fourth-order valence-corrected chi connectivity index (χ4v) is 2.87. The number of rotatable bonds is 3. The molecule has 0 aliphatic carbocycles. The van der Waals surface area contributed by atoms with Crippen molar-refractivity contribution < 1.29 is 0 Å². The van der Waals surface area contributed by atoms with Crippen LogP contribution in [0, 0.1) is 6.92 Å². The number of hydrogen-bond acceptors (Lipinski definition) is 2. The average molecular weight is 335 g/mol. The number of halogens is 1. The lowest BCUT2D eigenvalue weighted by Crippen LogP contribution is -2.15. The van der Waals surface area contributed by atoms with Crippen LogP contribution in [0.5, 0.6) is 0 Å². The summed E-state index contributed by atoms with van der Waals surface area (Å²) >= 11 is 3.66. The molecule has 2 nitrogen and oxygen atoms in total. The SMILES string of the molecule is CCCNc1cc(C(C)(C)C)nc2c(Br)cc(C)cc12. The van der Waals surface area contributed by atoms with Crippen molar-refractivity contribution in [1.29, 1.82) is 0 Å². The van der Waals surface area contributed by atoms with Crippen LogP contribution in [0.3, 0.4) is 0 Å². The van der Waals surface area contributed by atoms with Crippen LogP contribution in [0.1, 0.15) is 45.4 Å². The molecule has 20 heavy (non-hydrogen) atoms. The van der Waals surface area contributed by atoms with Crippen molar-refractivity contribution >= 4 is 32.5 Å². The molecule has 0 fully saturated rings. The molecule has 1 N–H and O–H groups in total.